The van der Waals surface area contributed by atoms with Gasteiger partial charge in [-0.05, 0) is 31.4 Å². The highest BCUT2D eigenvalue weighted by atomic mass is 16.2. The Hall–Kier alpha value is -1.88. The predicted octanol–water partition coefficient (Wildman–Crippen LogP) is 1.73. The number of nitrogens with zero attached hydrogens (tertiary/aromatic N) is 3. The van der Waals surface area contributed by atoms with Crippen LogP contribution in [0.1, 0.15) is 31.0 Å². The topological polar surface area (TPSA) is 52.2 Å². The summed E-state index contributed by atoms with van der Waals surface area (Å²) in [6.45, 7) is 2.86. The van der Waals surface area contributed by atoms with Gasteiger partial charge >= 0.3 is 0 Å². The first-order chi connectivity index (χ1) is 10.8. The molecule has 114 valence electrons. The number of rotatable bonds is 3. The minimum absolute atomic E-state index is 0.126. The van der Waals surface area contributed by atoms with Crippen molar-refractivity contribution in [1.29, 1.82) is 0 Å². The number of hydrogen-bond acceptors (Lipinski definition) is 3. The summed E-state index contributed by atoms with van der Waals surface area (Å²) in [5.41, 5.74) is 2.14. The maximum absolute atomic E-state index is 12.5. The standard InChI is InChI=1S/C17H20N4O/c22-17-15(7-8-21(17)12-5-6-12)20-9-11(10-20)16-18-13-3-1-2-4-14(13)19-16/h1-4,11-12,15H,5-10H2,(H,18,19)/t15-/m1/s1. The Balaban J connectivity index is 1.27. The molecule has 3 aliphatic rings. The molecule has 1 atom stereocenters. The molecule has 1 aromatic heterocycles. The third-order valence-electron chi connectivity index (χ3n) is 5.34. The number of H-pyrrole nitrogens is 1. The van der Waals surface area contributed by atoms with E-state index in [4.69, 9.17) is 4.98 Å². The first-order valence-corrected chi connectivity index (χ1v) is 8.29. The normalized spacial score (nSPS) is 26.8. The van der Waals surface area contributed by atoms with Crippen LogP contribution in [0.2, 0.25) is 0 Å². The zero-order chi connectivity index (χ0) is 14.7. The van der Waals surface area contributed by atoms with Crippen molar-refractivity contribution in [2.45, 2.75) is 37.3 Å². The molecular weight excluding hydrogens is 276 g/mol. The Bertz CT molecular complexity index is 696. The summed E-state index contributed by atoms with van der Waals surface area (Å²) in [6.07, 6.45) is 3.42. The average Bonchev–Trinajstić information content (AvgIpc) is 3.12. The van der Waals surface area contributed by atoms with Crippen LogP contribution in [-0.4, -0.2) is 57.4 Å². The fraction of sp³-hybridized carbons (Fsp3) is 0.529. The van der Waals surface area contributed by atoms with Gasteiger partial charge in [0.25, 0.3) is 0 Å². The number of imidazole rings is 1. The van der Waals surface area contributed by atoms with Gasteiger partial charge in [-0.25, -0.2) is 4.98 Å². The predicted molar refractivity (Wildman–Crippen MR) is 83.5 cm³/mol. The quantitative estimate of drug-likeness (QED) is 0.938. The Morgan fingerprint density at radius 2 is 1.95 bits per heavy atom. The number of benzene rings is 1. The summed E-state index contributed by atoms with van der Waals surface area (Å²) in [5.74, 6) is 1.88. The van der Waals surface area contributed by atoms with E-state index in [2.05, 4.69) is 20.9 Å². The zero-order valence-corrected chi connectivity index (χ0v) is 12.5. The zero-order valence-electron chi connectivity index (χ0n) is 12.5. The van der Waals surface area contributed by atoms with Crippen LogP contribution in [-0.2, 0) is 4.79 Å². The van der Waals surface area contributed by atoms with Crippen molar-refractivity contribution < 1.29 is 4.79 Å². The Morgan fingerprint density at radius 1 is 1.14 bits per heavy atom. The SMILES string of the molecule is O=C1[C@H](N2CC(c3nc4ccccc4[nH]3)C2)CCN1C1CC1. The summed E-state index contributed by atoms with van der Waals surface area (Å²) in [6, 6.07) is 8.84. The fourth-order valence-electron chi connectivity index (χ4n) is 3.88. The summed E-state index contributed by atoms with van der Waals surface area (Å²) in [7, 11) is 0. The van der Waals surface area contributed by atoms with E-state index in [1.54, 1.807) is 0 Å². The minimum Gasteiger partial charge on any atom is -0.342 e. The van der Waals surface area contributed by atoms with Crippen LogP contribution in [0, 0.1) is 0 Å². The van der Waals surface area contributed by atoms with E-state index in [0.717, 1.165) is 42.9 Å². The fourth-order valence-corrected chi connectivity index (χ4v) is 3.88. The van der Waals surface area contributed by atoms with E-state index >= 15 is 0 Å². The first-order valence-electron chi connectivity index (χ1n) is 8.29. The Morgan fingerprint density at radius 3 is 2.73 bits per heavy atom. The van der Waals surface area contributed by atoms with E-state index in [-0.39, 0.29) is 6.04 Å². The molecule has 0 bridgehead atoms. The number of hydrogen-bond donors (Lipinski definition) is 1. The largest absolute Gasteiger partial charge is 0.342 e. The summed E-state index contributed by atoms with van der Waals surface area (Å²) >= 11 is 0. The van der Waals surface area contributed by atoms with Crippen LogP contribution in [0.25, 0.3) is 11.0 Å². The molecule has 5 rings (SSSR count). The number of carbonyl (C=O) groups is 1. The van der Waals surface area contributed by atoms with E-state index in [1.165, 1.54) is 12.8 Å². The van der Waals surface area contributed by atoms with Gasteiger partial charge in [0.05, 0.1) is 17.1 Å². The van der Waals surface area contributed by atoms with Crippen LogP contribution in [0.15, 0.2) is 24.3 Å². The van der Waals surface area contributed by atoms with Gasteiger partial charge in [0.1, 0.15) is 5.82 Å². The molecular formula is C17H20N4O. The molecule has 0 unspecified atom stereocenters. The second-order valence-corrected chi connectivity index (χ2v) is 6.86. The lowest BCUT2D eigenvalue weighted by Crippen LogP contribution is -2.53. The second-order valence-electron chi connectivity index (χ2n) is 6.86. The number of amides is 1. The lowest BCUT2D eigenvalue weighted by molar-refractivity contribution is -0.134. The second kappa shape index (κ2) is 4.56. The first kappa shape index (κ1) is 12.6. The molecule has 2 saturated heterocycles. The third-order valence-corrected chi connectivity index (χ3v) is 5.34. The van der Waals surface area contributed by atoms with E-state index in [0.29, 0.717) is 17.9 Å². The van der Waals surface area contributed by atoms with Crippen LogP contribution >= 0.6 is 0 Å². The molecule has 1 N–H and O–H groups in total. The Kier molecular flexibility index (Phi) is 2.62. The number of carbonyl (C=O) groups excluding carboxylic acids is 1. The molecule has 1 aliphatic carbocycles. The lowest BCUT2D eigenvalue weighted by atomic mass is 9.96. The molecule has 5 nitrogen and oxygen atoms in total. The maximum atomic E-state index is 12.5. The highest BCUT2D eigenvalue weighted by molar-refractivity contribution is 5.84. The molecule has 0 radical (unpaired) electrons. The van der Waals surface area contributed by atoms with E-state index in [9.17, 15) is 4.79 Å². The smallest absolute Gasteiger partial charge is 0.240 e. The Labute approximate surface area is 129 Å². The highest BCUT2D eigenvalue weighted by Gasteiger charge is 2.46. The van der Waals surface area contributed by atoms with Gasteiger partial charge in [-0.15, -0.1) is 0 Å². The summed E-state index contributed by atoms with van der Waals surface area (Å²) in [4.78, 5) is 25.0. The van der Waals surface area contributed by atoms with Crippen molar-refractivity contribution in [2.24, 2.45) is 0 Å². The summed E-state index contributed by atoms with van der Waals surface area (Å²) in [5, 5.41) is 0. The van der Waals surface area contributed by atoms with Gasteiger partial charge in [0, 0.05) is 31.6 Å². The average molecular weight is 296 g/mol. The monoisotopic (exact) mass is 296 g/mol. The molecule has 5 heteroatoms. The van der Waals surface area contributed by atoms with Crippen molar-refractivity contribution in [3.05, 3.63) is 30.1 Å². The molecule has 1 amide bonds. The minimum atomic E-state index is 0.126. The number of aromatic amines is 1. The molecule has 1 saturated carbocycles. The number of para-hydroxylation sites is 2. The molecule has 1 aromatic carbocycles. The molecule has 2 aromatic rings. The van der Waals surface area contributed by atoms with E-state index < -0.39 is 0 Å². The molecule has 0 spiro atoms. The van der Waals surface area contributed by atoms with Crippen molar-refractivity contribution in [2.75, 3.05) is 19.6 Å². The van der Waals surface area contributed by atoms with Crippen LogP contribution < -0.4 is 0 Å². The number of nitrogens with one attached hydrogen (secondary N) is 1. The van der Waals surface area contributed by atoms with Crippen LogP contribution in [0.4, 0.5) is 0 Å². The molecule has 22 heavy (non-hydrogen) atoms. The third kappa shape index (κ3) is 1.88. The van der Waals surface area contributed by atoms with E-state index in [1.807, 2.05) is 18.2 Å². The molecule has 2 aliphatic heterocycles. The number of fused-ring (bicyclic) bond motifs is 1. The summed E-state index contributed by atoms with van der Waals surface area (Å²) < 4.78 is 0. The van der Waals surface area contributed by atoms with Gasteiger partial charge in [-0.1, -0.05) is 12.1 Å². The van der Waals surface area contributed by atoms with Gasteiger partial charge < -0.3 is 9.88 Å². The number of aromatic nitrogens is 2. The van der Waals surface area contributed by atoms with Crippen LogP contribution in [0.3, 0.4) is 0 Å². The maximum Gasteiger partial charge on any atom is 0.240 e. The van der Waals surface area contributed by atoms with Crippen molar-refractivity contribution in [1.82, 2.24) is 19.8 Å². The number of likely N-dealkylation sites (tertiary alicyclic amines) is 2. The van der Waals surface area contributed by atoms with Gasteiger partial charge in [-0.2, -0.15) is 0 Å². The van der Waals surface area contributed by atoms with Crippen molar-refractivity contribution in [3.63, 3.8) is 0 Å². The highest BCUT2D eigenvalue weighted by Crippen LogP contribution is 2.35. The van der Waals surface area contributed by atoms with Gasteiger partial charge in [0.2, 0.25) is 5.91 Å². The molecule has 3 heterocycles. The van der Waals surface area contributed by atoms with Gasteiger partial charge in [-0.3, -0.25) is 9.69 Å². The lowest BCUT2D eigenvalue weighted by Gasteiger charge is -2.41. The van der Waals surface area contributed by atoms with Crippen LogP contribution in [0.5, 0.6) is 0 Å². The van der Waals surface area contributed by atoms with Crippen molar-refractivity contribution in [3.8, 4) is 0 Å². The van der Waals surface area contributed by atoms with Gasteiger partial charge in [0.15, 0.2) is 0 Å². The van der Waals surface area contributed by atoms with Crippen molar-refractivity contribution >= 4 is 16.9 Å². The molecule has 3 fully saturated rings.